The number of allylic oxidation sites excluding steroid dienone is 1. The van der Waals surface area contributed by atoms with Gasteiger partial charge in [0.05, 0.1) is 22.3 Å². The molecule has 1 aliphatic rings. The lowest BCUT2D eigenvalue weighted by molar-refractivity contribution is 0.0794. The van der Waals surface area contributed by atoms with E-state index in [1.165, 1.54) is 6.07 Å². The van der Waals surface area contributed by atoms with Gasteiger partial charge in [0, 0.05) is 30.3 Å². The van der Waals surface area contributed by atoms with Crippen molar-refractivity contribution < 1.29 is 13.5 Å². The zero-order chi connectivity index (χ0) is 19.1. The summed E-state index contributed by atoms with van der Waals surface area (Å²) in [5.41, 5.74) is 3.20. The van der Waals surface area contributed by atoms with Crippen LogP contribution in [0, 0.1) is 0 Å². The Hall–Kier alpha value is -3.29. The Bertz CT molecular complexity index is 1170. The lowest BCUT2D eigenvalue weighted by Crippen LogP contribution is -2.39. The number of alkyl halides is 2. The van der Waals surface area contributed by atoms with E-state index >= 15 is 0 Å². The molecule has 138 valence electrons. The first-order valence-electron chi connectivity index (χ1n) is 8.33. The van der Waals surface area contributed by atoms with Gasteiger partial charge in [0.2, 0.25) is 5.88 Å². The highest BCUT2D eigenvalue weighted by molar-refractivity contribution is 5.83. The van der Waals surface area contributed by atoms with E-state index in [4.69, 9.17) is 4.74 Å². The Labute approximate surface area is 153 Å². The van der Waals surface area contributed by atoms with E-state index in [9.17, 15) is 8.78 Å². The molecule has 0 aliphatic carbocycles. The molecule has 8 heteroatoms. The number of ether oxygens (including phenoxy) is 1. The zero-order valence-electron chi connectivity index (χ0n) is 14.9. The topological polar surface area (TPSA) is 55.5 Å². The van der Waals surface area contributed by atoms with Crippen LogP contribution in [0.2, 0.25) is 0 Å². The van der Waals surface area contributed by atoms with Gasteiger partial charge in [-0.2, -0.15) is 10.2 Å². The molecule has 0 amide bonds. The molecule has 0 unspecified atom stereocenters. The van der Waals surface area contributed by atoms with E-state index in [1.807, 2.05) is 38.4 Å². The van der Waals surface area contributed by atoms with Gasteiger partial charge in [-0.05, 0) is 31.2 Å². The van der Waals surface area contributed by atoms with Crippen LogP contribution in [0.3, 0.4) is 0 Å². The minimum atomic E-state index is -2.55. The van der Waals surface area contributed by atoms with Crippen LogP contribution >= 0.6 is 0 Å². The minimum Gasteiger partial charge on any atom is -0.472 e. The number of halogens is 2. The Morgan fingerprint density at radius 2 is 2.04 bits per heavy atom. The van der Waals surface area contributed by atoms with Gasteiger partial charge < -0.3 is 4.74 Å². The number of aromatic nitrogens is 3. The second-order valence-corrected chi connectivity index (χ2v) is 6.25. The summed E-state index contributed by atoms with van der Waals surface area (Å²) in [4.78, 5) is 4.31. The molecule has 0 N–H and O–H groups in total. The molecular formula is C19H17F2N5O. The number of anilines is 1. The van der Waals surface area contributed by atoms with Gasteiger partial charge in [0.1, 0.15) is 5.36 Å². The molecule has 1 aliphatic heterocycles. The molecule has 27 heavy (non-hydrogen) atoms. The number of nitrogens with zero attached hydrogens (tertiary/aromatic N) is 5. The summed E-state index contributed by atoms with van der Waals surface area (Å²) in [6.07, 6.45) is -0.616. The zero-order valence-corrected chi connectivity index (χ0v) is 14.9. The molecule has 4 rings (SSSR count). The molecule has 0 bridgehead atoms. The van der Waals surface area contributed by atoms with Crippen molar-refractivity contribution in [3.8, 4) is 5.88 Å². The molecule has 0 atom stereocenters. The standard InChI is InChI=1S/C19H17F2N5O/c1-11-12(2)26(14-4-5-15-13(8-14)9-25(3)23-15)24-16-6-7-18(22-19(11)16)27-10-17(20)21/h4-9,17H,2,10H2,1,3H3. The maximum atomic E-state index is 12.3. The van der Waals surface area contributed by atoms with Crippen molar-refractivity contribution in [2.75, 3.05) is 11.6 Å². The lowest BCUT2D eigenvalue weighted by atomic mass is 10.1. The molecule has 3 heterocycles. The van der Waals surface area contributed by atoms with Crippen molar-refractivity contribution in [1.29, 1.82) is 0 Å². The Morgan fingerprint density at radius 3 is 2.81 bits per heavy atom. The maximum Gasteiger partial charge on any atom is 0.272 e. The minimum absolute atomic E-state index is 0.140. The number of benzene rings is 1. The van der Waals surface area contributed by atoms with E-state index in [0.29, 0.717) is 16.4 Å². The van der Waals surface area contributed by atoms with Crippen LogP contribution in [0.4, 0.5) is 14.5 Å². The van der Waals surface area contributed by atoms with E-state index in [0.717, 1.165) is 22.2 Å². The molecule has 0 fully saturated rings. The smallest absolute Gasteiger partial charge is 0.272 e. The van der Waals surface area contributed by atoms with Gasteiger partial charge in [0.15, 0.2) is 6.61 Å². The summed E-state index contributed by atoms with van der Waals surface area (Å²) in [7, 11) is 1.87. The van der Waals surface area contributed by atoms with Crippen LogP contribution in [0.25, 0.3) is 16.5 Å². The van der Waals surface area contributed by atoms with Crippen molar-refractivity contribution >= 4 is 22.2 Å². The Balaban J connectivity index is 1.76. The average Bonchev–Trinajstić information content (AvgIpc) is 3.02. The highest BCUT2D eigenvalue weighted by Crippen LogP contribution is 2.27. The summed E-state index contributed by atoms with van der Waals surface area (Å²) in [5, 5.41) is 12.9. The fourth-order valence-corrected chi connectivity index (χ4v) is 2.96. The number of hydrogen-bond acceptors (Lipinski definition) is 5. The third-order valence-electron chi connectivity index (χ3n) is 4.30. The molecule has 6 nitrogen and oxygen atoms in total. The number of fused-ring (bicyclic) bond motifs is 2. The number of hydrogen-bond donors (Lipinski definition) is 0. The van der Waals surface area contributed by atoms with Crippen molar-refractivity contribution in [3.63, 3.8) is 0 Å². The van der Waals surface area contributed by atoms with Crippen LogP contribution in [0.1, 0.15) is 6.92 Å². The average molecular weight is 369 g/mol. The fourth-order valence-electron chi connectivity index (χ4n) is 2.96. The van der Waals surface area contributed by atoms with Gasteiger partial charge in [-0.25, -0.2) is 18.8 Å². The normalized spacial score (nSPS) is 13.9. The van der Waals surface area contributed by atoms with E-state index < -0.39 is 13.0 Å². The number of aryl methyl sites for hydroxylation is 1. The molecule has 0 spiro atoms. The molecule has 3 aromatic rings. The van der Waals surface area contributed by atoms with Crippen molar-refractivity contribution in [3.05, 3.63) is 59.5 Å². The second kappa shape index (κ2) is 6.46. The fraction of sp³-hybridized carbons (Fsp3) is 0.211. The SMILES string of the molecule is C=C1C(C)=c2nc(OCC(F)F)ccc2=NN1c1ccc2nn(C)cc2c1. The molecular weight excluding hydrogens is 352 g/mol. The van der Waals surface area contributed by atoms with Gasteiger partial charge in [0.25, 0.3) is 6.43 Å². The van der Waals surface area contributed by atoms with Crippen molar-refractivity contribution in [1.82, 2.24) is 14.8 Å². The van der Waals surface area contributed by atoms with Gasteiger partial charge >= 0.3 is 0 Å². The van der Waals surface area contributed by atoms with E-state index in [-0.39, 0.29) is 5.88 Å². The van der Waals surface area contributed by atoms with Crippen LogP contribution < -0.4 is 20.5 Å². The number of rotatable bonds is 4. The highest BCUT2D eigenvalue weighted by Gasteiger charge is 2.18. The lowest BCUT2D eigenvalue weighted by Gasteiger charge is -2.24. The predicted molar refractivity (Wildman–Crippen MR) is 97.9 cm³/mol. The van der Waals surface area contributed by atoms with Crippen LogP contribution in [-0.2, 0) is 7.05 Å². The highest BCUT2D eigenvalue weighted by atomic mass is 19.3. The number of pyridine rings is 1. The monoisotopic (exact) mass is 369 g/mol. The summed E-state index contributed by atoms with van der Waals surface area (Å²) in [6, 6.07) is 9.08. The van der Waals surface area contributed by atoms with Crippen LogP contribution in [0.15, 0.2) is 53.9 Å². The Kier molecular flexibility index (Phi) is 4.10. The summed E-state index contributed by atoms with van der Waals surface area (Å²) in [5.74, 6) is 0.140. The van der Waals surface area contributed by atoms with Crippen LogP contribution in [-0.4, -0.2) is 27.8 Å². The Morgan fingerprint density at radius 1 is 1.22 bits per heavy atom. The first-order chi connectivity index (χ1) is 12.9. The van der Waals surface area contributed by atoms with Crippen LogP contribution in [0.5, 0.6) is 5.88 Å². The third-order valence-corrected chi connectivity index (χ3v) is 4.30. The summed E-state index contributed by atoms with van der Waals surface area (Å²) >= 11 is 0. The van der Waals surface area contributed by atoms with Gasteiger partial charge in [-0.1, -0.05) is 6.58 Å². The quantitative estimate of drug-likeness (QED) is 0.709. The first kappa shape index (κ1) is 17.1. The van der Waals surface area contributed by atoms with Gasteiger partial charge in [-0.15, -0.1) is 0 Å². The van der Waals surface area contributed by atoms with Crippen molar-refractivity contribution in [2.45, 2.75) is 13.3 Å². The molecule has 1 aromatic carbocycles. The first-order valence-corrected chi connectivity index (χ1v) is 8.33. The second-order valence-electron chi connectivity index (χ2n) is 6.25. The van der Waals surface area contributed by atoms with Crippen molar-refractivity contribution in [2.24, 2.45) is 12.1 Å². The third kappa shape index (κ3) is 3.14. The summed E-state index contributed by atoms with van der Waals surface area (Å²) in [6.45, 7) is 5.29. The molecule has 0 radical (unpaired) electrons. The summed E-state index contributed by atoms with van der Waals surface area (Å²) < 4.78 is 31.5. The molecule has 0 saturated carbocycles. The maximum absolute atomic E-state index is 12.3. The van der Waals surface area contributed by atoms with Gasteiger partial charge in [-0.3, -0.25) is 4.68 Å². The molecule has 2 aromatic heterocycles. The largest absolute Gasteiger partial charge is 0.472 e. The van der Waals surface area contributed by atoms with E-state index in [1.54, 1.807) is 15.8 Å². The molecule has 0 saturated heterocycles. The predicted octanol–water partition coefficient (Wildman–Crippen LogP) is 2.35. The van der Waals surface area contributed by atoms with E-state index in [2.05, 4.69) is 21.8 Å².